The summed E-state index contributed by atoms with van der Waals surface area (Å²) in [6, 6.07) is 7.92. The van der Waals surface area contributed by atoms with Gasteiger partial charge in [-0.2, -0.15) is 0 Å². The maximum atomic E-state index is 13.1. The van der Waals surface area contributed by atoms with E-state index in [4.69, 9.17) is 0 Å². The standard InChI is InChI=1S/C13H12BrFN2O2S/c1-9(14)12-4-2-3-5-13(12)17-20(18,19)11-6-10(15)7-16-8-11/h2-9,17H,1H3. The van der Waals surface area contributed by atoms with E-state index in [0.717, 1.165) is 24.0 Å². The molecule has 0 fully saturated rings. The van der Waals surface area contributed by atoms with Crippen molar-refractivity contribution < 1.29 is 12.8 Å². The van der Waals surface area contributed by atoms with Gasteiger partial charge >= 0.3 is 0 Å². The lowest BCUT2D eigenvalue weighted by Crippen LogP contribution is -2.14. The molecule has 1 N–H and O–H groups in total. The molecule has 4 nitrogen and oxygen atoms in total. The zero-order valence-electron chi connectivity index (χ0n) is 10.5. The maximum Gasteiger partial charge on any atom is 0.263 e. The van der Waals surface area contributed by atoms with Gasteiger partial charge in [-0.1, -0.05) is 34.1 Å². The van der Waals surface area contributed by atoms with E-state index in [2.05, 4.69) is 25.6 Å². The first-order chi connectivity index (χ1) is 9.40. The molecule has 0 amide bonds. The third-order valence-corrected chi connectivity index (χ3v) is 4.45. The molecule has 0 aliphatic heterocycles. The first-order valence-electron chi connectivity index (χ1n) is 5.76. The number of hydrogen-bond donors (Lipinski definition) is 1. The molecule has 0 aliphatic carbocycles. The second-order valence-corrected chi connectivity index (χ2v) is 7.20. The SMILES string of the molecule is CC(Br)c1ccccc1NS(=O)(=O)c1cncc(F)c1. The van der Waals surface area contributed by atoms with Gasteiger partial charge in [0.05, 0.1) is 11.9 Å². The van der Waals surface area contributed by atoms with Crippen LogP contribution < -0.4 is 4.72 Å². The van der Waals surface area contributed by atoms with Crippen molar-refractivity contribution in [1.82, 2.24) is 4.98 Å². The number of hydrogen-bond acceptors (Lipinski definition) is 3. The Morgan fingerprint density at radius 1 is 1.30 bits per heavy atom. The predicted molar refractivity (Wildman–Crippen MR) is 78.8 cm³/mol. The quantitative estimate of drug-likeness (QED) is 0.851. The second kappa shape index (κ2) is 5.88. The molecule has 0 radical (unpaired) electrons. The minimum atomic E-state index is -3.87. The van der Waals surface area contributed by atoms with Gasteiger partial charge in [0.1, 0.15) is 10.7 Å². The minimum Gasteiger partial charge on any atom is -0.279 e. The molecule has 7 heteroatoms. The lowest BCUT2D eigenvalue weighted by Gasteiger charge is -2.13. The predicted octanol–water partition coefficient (Wildman–Crippen LogP) is 3.48. The van der Waals surface area contributed by atoms with Crippen LogP contribution in [0.2, 0.25) is 0 Å². The van der Waals surface area contributed by atoms with E-state index in [-0.39, 0.29) is 9.72 Å². The van der Waals surface area contributed by atoms with Crippen molar-refractivity contribution in [1.29, 1.82) is 0 Å². The summed E-state index contributed by atoms with van der Waals surface area (Å²) in [6.07, 6.45) is 2.05. The molecular formula is C13H12BrFN2O2S. The van der Waals surface area contributed by atoms with Gasteiger partial charge in [-0.3, -0.25) is 9.71 Å². The number of aromatic nitrogens is 1. The fourth-order valence-corrected chi connectivity index (χ4v) is 3.14. The van der Waals surface area contributed by atoms with E-state index in [0.29, 0.717) is 5.69 Å². The summed E-state index contributed by atoms with van der Waals surface area (Å²) in [7, 11) is -3.87. The Kier molecular flexibility index (Phi) is 4.39. The zero-order valence-corrected chi connectivity index (χ0v) is 12.9. The summed E-state index contributed by atoms with van der Waals surface area (Å²) in [5.74, 6) is -0.699. The molecule has 1 atom stereocenters. The van der Waals surface area contributed by atoms with Crippen LogP contribution in [0.5, 0.6) is 0 Å². The monoisotopic (exact) mass is 358 g/mol. The average Bonchev–Trinajstić information content (AvgIpc) is 2.38. The Bertz CT molecular complexity index is 720. The summed E-state index contributed by atoms with van der Waals surface area (Å²) < 4.78 is 39.9. The van der Waals surface area contributed by atoms with E-state index >= 15 is 0 Å². The van der Waals surface area contributed by atoms with Crippen molar-refractivity contribution in [3.8, 4) is 0 Å². The number of alkyl halides is 1. The third-order valence-electron chi connectivity index (χ3n) is 2.62. The van der Waals surface area contributed by atoms with Crippen molar-refractivity contribution in [3.05, 3.63) is 54.1 Å². The molecule has 0 aliphatic rings. The van der Waals surface area contributed by atoms with Crippen molar-refractivity contribution in [2.24, 2.45) is 0 Å². The number of sulfonamides is 1. The molecule has 1 aromatic heterocycles. The van der Waals surface area contributed by atoms with E-state index < -0.39 is 15.8 Å². The van der Waals surface area contributed by atoms with Gasteiger partial charge in [-0.25, -0.2) is 12.8 Å². The van der Waals surface area contributed by atoms with Gasteiger partial charge in [0, 0.05) is 11.0 Å². The molecule has 1 heterocycles. The molecule has 0 saturated carbocycles. The summed E-state index contributed by atoms with van der Waals surface area (Å²) in [5.41, 5.74) is 1.24. The molecule has 20 heavy (non-hydrogen) atoms. The summed E-state index contributed by atoms with van der Waals surface area (Å²) in [6.45, 7) is 1.89. The molecule has 0 bridgehead atoms. The molecule has 2 rings (SSSR count). The first-order valence-corrected chi connectivity index (χ1v) is 8.16. The van der Waals surface area contributed by atoms with Crippen LogP contribution in [-0.4, -0.2) is 13.4 Å². The second-order valence-electron chi connectivity index (χ2n) is 4.15. The highest BCUT2D eigenvalue weighted by atomic mass is 79.9. The molecule has 0 spiro atoms. The van der Waals surface area contributed by atoms with E-state index in [1.165, 1.54) is 0 Å². The van der Waals surface area contributed by atoms with Gasteiger partial charge < -0.3 is 0 Å². The molecule has 2 aromatic rings. The third kappa shape index (κ3) is 3.34. The zero-order chi connectivity index (χ0) is 14.8. The molecule has 106 valence electrons. The van der Waals surface area contributed by atoms with Crippen LogP contribution in [0.1, 0.15) is 17.3 Å². The minimum absolute atomic E-state index is 0.0213. The summed E-state index contributed by atoms with van der Waals surface area (Å²) in [4.78, 5) is 3.31. The van der Waals surface area contributed by atoms with Gasteiger partial charge in [0.2, 0.25) is 0 Å². The molecular weight excluding hydrogens is 347 g/mol. The van der Waals surface area contributed by atoms with Crippen LogP contribution in [0, 0.1) is 5.82 Å². The maximum absolute atomic E-state index is 13.1. The highest BCUT2D eigenvalue weighted by Gasteiger charge is 2.18. The number of anilines is 1. The number of nitrogens with zero attached hydrogens (tertiary/aromatic N) is 1. The molecule has 1 aromatic carbocycles. The smallest absolute Gasteiger partial charge is 0.263 e. The number of halogens is 2. The van der Waals surface area contributed by atoms with Crippen LogP contribution in [0.3, 0.4) is 0 Å². The first kappa shape index (κ1) is 14.9. The number of rotatable bonds is 4. The van der Waals surface area contributed by atoms with Crippen molar-refractivity contribution in [2.45, 2.75) is 16.6 Å². The van der Waals surface area contributed by atoms with Crippen LogP contribution in [0.15, 0.2) is 47.6 Å². The lowest BCUT2D eigenvalue weighted by molar-refractivity contribution is 0.592. The number of para-hydroxylation sites is 1. The Morgan fingerprint density at radius 3 is 2.65 bits per heavy atom. The summed E-state index contributed by atoms with van der Waals surface area (Å²) in [5, 5.41) is 0. The Labute approximate surface area is 125 Å². The fourth-order valence-electron chi connectivity index (χ4n) is 1.68. The Hall–Kier alpha value is -1.47. The largest absolute Gasteiger partial charge is 0.279 e. The van der Waals surface area contributed by atoms with Gasteiger partial charge in [-0.15, -0.1) is 0 Å². The number of benzene rings is 1. The van der Waals surface area contributed by atoms with Crippen molar-refractivity contribution >= 4 is 31.6 Å². The van der Waals surface area contributed by atoms with Crippen molar-refractivity contribution in [2.75, 3.05) is 4.72 Å². The van der Waals surface area contributed by atoms with E-state index in [1.807, 2.05) is 13.0 Å². The van der Waals surface area contributed by atoms with E-state index in [9.17, 15) is 12.8 Å². The highest BCUT2D eigenvalue weighted by molar-refractivity contribution is 9.09. The number of nitrogens with one attached hydrogen (secondary N) is 1. The Balaban J connectivity index is 2.39. The van der Waals surface area contributed by atoms with Crippen LogP contribution in [0.25, 0.3) is 0 Å². The van der Waals surface area contributed by atoms with Gasteiger partial charge in [0.15, 0.2) is 0 Å². The van der Waals surface area contributed by atoms with Gasteiger partial charge in [0.25, 0.3) is 10.0 Å². The lowest BCUT2D eigenvalue weighted by atomic mass is 10.1. The Morgan fingerprint density at radius 2 is 2.00 bits per heavy atom. The van der Waals surface area contributed by atoms with Crippen LogP contribution in [-0.2, 0) is 10.0 Å². The summed E-state index contributed by atoms with van der Waals surface area (Å²) >= 11 is 3.40. The molecule has 0 saturated heterocycles. The molecule has 1 unspecified atom stereocenters. The fraction of sp³-hybridized carbons (Fsp3) is 0.154. The number of pyridine rings is 1. The van der Waals surface area contributed by atoms with E-state index in [1.54, 1.807) is 18.2 Å². The van der Waals surface area contributed by atoms with Gasteiger partial charge in [-0.05, 0) is 24.6 Å². The highest BCUT2D eigenvalue weighted by Crippen LogP contribution is 2.30. The van der Waals surface area contributed by atoms with Crippen LogP contribution >= 0.6 is 15.9 Å². The average molecular weight is 359 g/mol. The van der Waals surface area contributed by atoms with Crippen molar-refractivity contribution in [3.63, 3.8) is 0 Å². The normalized spacial score (nSPS) is 12.9. The topological polar surface area (TPSA) is 59.1 Å². The van der Waals surface area contributed by atoms with Crippen LogP contribution in [0.4, 0.5) is 10.1 Å².